The van der Waals surface area contributed by atoms with Gasteiger partial charge in [0, 0.05) is 32.7 Å². The van der Waals surface area contributed by atoms with Gasteiger partial charge in [-0.25, -0.2) is 4.79 Å². The average Bonchev–Trinajstić information content (AvgIpc) is 3.08. The minimum atomic E-state index is -0.459. The molecule has 146 valence electrons. The smallest absolute Gasteiger partial charge is 0.409 e. The molecule has 2 N–H and O–H groups in total. The predicted octanol–water partition coefficient (Wildman–Crippen LogP) is -0.0120. The van der Waals surface area contributed by atoms with Crippen molar-refractivity contribution in [2.24, 2.45) is 0 Å². The van der Waals surface area contributed by atoms with Gasteiger partial charge in [-0.3, -0.25) is 14.5 Å². The number of carbonyl (C=O) groups is 3. The van der Waals surface area contributed by atoms with E-state index < -0.39 is 6.04 Å². The molecule has 1 unspecified atom stereocenters. The highest BCUT2D eigenvalue weighted by Crippen LogP contribution is 2.11. The molecule has 3 amide bonds. The number of ether oxygens (including phenoxy) is 1. The number of nitrogens with zero attached hydrogens (tertiary/aromatic N) is 2. The molecule has 0 saturated carbocycles. The Morgan fingerprint density at radius 1 is 1.19 bits per heavy atom. The molecule has 3 rings (SSSR count). The SMILES string of the molecule is O=C(CC1C(=O)NCCN1CCc1ccccc1)NCCN1CCOC1=O. The monoisotopic (exact) mass is 374 g/mol. The molecule has 27 heavy (non-hydrogen) atoms. The van der Waals surface area contributed by atoms with Crippen LogP contribution >= 0.6 is 0 Å². The van der Waals surface area contributed by atoms with Gasteiger partial charge in [0.25, 0.3) is 0 Å². The Hall–Kier alpha value is -2.61. The Kier molecular flexibility index (Phi) is 6.64. The molecule has 0 radical (unpaired) electrons. The third-order valence-electron chi connectivity index (χ3n) is 4.90. The number of nitrogens with one attached hydrogen (secondary N) is 2. The Morgan fingerprint density at radius 3 is 2.74 bits per heavy atom. The molecule has 2 aliphatic heterocycles. The van der Waals surface area contributed by atoms with Crippen molar-refractivity contribution in [3.8, 4) is 0 Å². The normalized spacial score (nSPS) is 20.3. The molecule has 2 heterocycles. The predicted molar refractivity (Wildman–Crippen MR) is 99.1 cm³/mol. The first-order chi connectivity index (χ1) is 13.1. The largest absolute Gasteiger partial charge is 0.448 e. The van der Waals surface area contributed by atoms with Gasteiger partial charge in [0.05, 0.1) is 19.0 Å². The van der Waals surface area contributed by atoms with Crippen LogP contribution in [0.5, 0.6) is 0 Å². The van der Waals surface area contributed by atoms with E-state index in [0.29, 0.717) is 32.8 Å². The number of amides is 3. The number of carbonyl (C=O) groups excluding carboxylic acids is 3. The van der Waals surface area contributed by atoms with Crippen molar-refractivity contribution in [3.63, 3.8) is 0 Å². The second-order valence-corrected chi connectivity index (χ2v) is 6.73. The number of hydrogen-bond acceptors (Lipinski definition) is 5. The molecule has 1 aromatic rings. The third-order valence-corrected chi connectivity index (χ3v) is 4.90. The summed E-state index contributed by atoms with van der Waals surface area (Å²) in [5.41, 5.74) is 1.21. The quantitative estimate of drug-likeness (QED) is 0.668. The molecular formula is C19H26N4O4. The van der Waals surface area contributed by atoms with Gasteiger partial charge < -0.3 is 20.3 Å². The van der Waals surface area contributed by atoms with E-state index in [2.05, 4.69) is 27.7 Å². The van der Waals surface area contributed by atoms with Gasteiger partial charge in [0.1, 0.15) is 6.61 Å². The maximum Gasteiger partial charge on any atom is 0.409 e. The Balaban J connectivity index is 1.46. The zero-order chi connectivity index (χ0) is 19.1. The molecule has 8 heteroatoms. The van der Waals surface area contributed by atoms with Crippen LogP contribution in [0.2, 0.25) is 0 Å². The zero-order valence-electron chi connectivity index (χ0n) is 15.4. The van der Waals surface area contributed by atoms with E-state index in [9.17, 15) is 14.4 Å². The van der Waals surface area contributed by atoms with Crippen LogP contribution < -0.4 is 10.6 Å². The summed E-state index contributed by atoms with van der Waals surface area (Å²) in [4.78, 5) is 39.6. The van der Waals surface area contributed by atoms with Gasteiger partial charge in [0.2, 0.25) is 11.8 Å². The van der Waals surface area contributed by atoms with Gasteiger partial charge in [-0.05, 0) is 12.0 Å². The lowest BCUT2D eigenvalue weighted by Crippen LogP contribution is -2.57. The van der Waals surface area contributed by atoms with Crippen molar-refractivity contribution in [2.45, 2.75) is 18.9 Å². The molecule has 1 aromatic carbocycles. The van der Waals surface area contributed by atoms with Crippen LogP contribution in [-0.2, 0) is 20.7 Å². The Morgan fingerprint density at radius 2 is 2.00 bits per heavy atom. The minimum Gasteiger partial charge on any atom is -0.448 e. The molecule has 0 bridgehead atoms. The lowest BCUT2D eigenvalue weighted by molar-refractivity contribution is -0.133. The standard InChI is InChI=1S/C19H26N4O4/c24-17(20-7-11-23-12-13-27-19(23)26)14-16-18(25)21-8-10-22(16)9-6-15-4-2-1-3-5-15/h1-5,16H,6-14H2,(H,20,24)(H,21,25). The molecule has 0 aliphatic carbocycles. The van der Waals surface area contributed by atoms with Crippen molar-refractivity contribution in [1.82, 2.24) is 20.4 Å². The summed E-state index contributed by atoms with van der Waals surface area (Å²) in [6.07, 6.45) is 0.608. The minimum absolute atomic E-state index is 0.104. The first-order valence-corrected chi connectivity index (χ1v) is 9.37. The molecular weight excluding hydrogens is 348 g/mol. The molecule has 2 aliphatic rings. The van der Waals surface area contributed by atoms with E-state index in [1.807, 2.05) is 18.2 Å². The number of benzene rings is 1. The van der Waals surface area contributed by atoms with E-state index in [1.165, 1.54) is 5.56 Å². The van der Waals surface area contributed by atoms with Crippen LogP contribution in [-0.4, -0.2) is 79.6 Å². The van der Waals surface area contributed by atoms with Crippen molar-refractivity contribution >= 4 is 17.9 Å². The fourth-order valence-electron chi connectivity index (χ4n) is 3.38. The van der Waals surface area contributed by atoms with E-state index in [4.69, 9.17) is 4.74 Å². The van der Waals surface area contributed by atoms with Crippen LogP contribution in [0.4, 0.5) is 4.79 Å². The summed E-state index contributed by atoms with van der Waals surface area (Å²) in [5, 5.41) is 5.64. The Bertz CT molecular complexity index is 667. The number of hydrogen-bond donors (Lipinski definition) is 2. The van der Waals surface area contributed by atoms with E-state index in [0.717, 1.165) is 19.5 Å². The molecule has 8 nitrogen and oxygen atoms in total. The molecule has 1 atom stereocenters. The summed E-state index contributed by atoms with van der Waals surface area (Å²) < 4.78 is 4.85. The van der Waals surface area contributed by atoms with Crippen molar-refractivity contribution in [3.05, 3.63) is 35.9 Å². The van der Waals surface area contributed by atoms with Gasteiger partial charge in [-0.15, -0.1) is 0 Å². The van der Waals surface area contributed by atoms with E-state index in [1.54, 1.807) is 4.90 Å². The summed E-state index contributed by atoms with van der Waals surface area (Å²) >= 11 is 0. The second kappa shape index (κ2) is 9.36. The highest BCUT2D eigenvalue weighted by molar-refractivity contribution is 5.88. The first kappa shape index (κ1) is 19.2. The van der Waals surface area contributed by atoms with E-state index in [-0.39, 0.29) is 24.3 Å². The van der Waals surface area contributed by atoms with Crippen molar-refractivity contribution < 1.29 is 19.1 Å². The van der Waals surface area contributed by atoms with Crippen LogP contribution in [0, 0.1) is 0 Å². The number of piperazine rings is 1. The average molecular weight is 374 g/mol. The lowest BCUT2D eigenvalue weighted by atomic mass is 10.1. The van der Waals surface area contributed by atoms with Crippen molar-refractivity contribution in [1.29, 1.82) is 0 Å². The maximum absolute atomic E-state index is 12.3. The third kappa shape index (κ3) is 5.43. The van der Waals surface area contributed by atoms with Crippen molar-refractivity contribution in [2.75, 3.05) is 45.9 Å². The van der Waals surface area contributed by atoms with Gasteiger partial charge >= 0.3 is 6.09 Å². The fraction of sp³-hybridized carbons (Fsp3) is 0.526. The fourth-order valence-corrected chi connectivity index (χ4v) is 3.38. The summed E-state index contributed by atoms with van der Waals surface area (Å²) in [6, 6.07) is 9.65. The highest BCUT2D eigenvalue weighted by atomic mass is 16.6. The van der Waals surface area contributed by atoms with E-state index >= 15 is 0 Å². The first-order valence-electron chi connectivity index (χ1n) is 9.37. The van der Waals surface area contributed by atoms with Gasteiger partial charge in [0.15, 0.2) is 0 Å². The highest BCUT2D eigenvalue weighted by Gasteiger charge is 2.31. The van der Waals surface area contributed by atoms with Crippen LogP contribution in [0.25, 0.3) is 0 Å². The zero-order valence-corrected chi connectivity index (χ0v) is 15.4. The van der Waals surface area contributed by atoms with Crippen LogP contribution in [0.15, 0.2) is 30.3 Å². The Labute approximate surface area is 158 Å². The lowest BCUT2D eigenvalue weighted by Gasteiger charge is -2.34. The van der Waals surface area contributed by atoms with Crippen LogP contribution in [0.3, 0.4) is 0 Å². The molecule has 0 aromatic heterocycles. The molecule has 0 spiro atoms. The summed E-state index contributed by atoms with van der Waals surface area (Å²) in [7, 11) is 0. The van der Waals surface area contributed by atoms with Gasteiger partial charge in [-0.2, -0.15) is 0 Å². The second-order valence-electron chi connectivity index (χ2n) is 6.73. The maximum atomic E-state index is 12.3. The summed E-state index contributed by atoms with van der Waals surface area (Å²) in [6.45, 7) is 3.78. The molecule has 2 saturated heterocycles. The topological polar surface area (TPSA) is 91.0 Å². The molecule has 2 fully saturated rings. The number of cyclic esters (lactones) is 1. The van der Waals surface area contributed by atoms with Gasteiger partial charge in [-0.1, -0.05) is 30.3 Å². The van der Waals surface area contributed by atoms with Crippen LogP contribution in [0.1, 0.15) is 12.0 Å². The summed E-state index contributed by atoms with van der Waals surface area (Å²) in [5.74, 6) is -0.290. The number of rotatable bonds is 8.